The fraction of sp³-hybridized carbons (Fsp3) is 1.00. The molecule has 0 rings (SSSR count). The molecule has 0 saturated carbocycles. The zero-order chi connectivity index (χ0) is 16.5. The molecule has 134 valence electrons. The Morgan fingerprint density at radius 1 is 0.591 bits per heavy atom. The standard InChI is InChI=1S/C20H42O2/c1-5-6-13-17-20(22-4)18-15-12-10-8-7-9-11-14-16-19(2)21-3/h19-20H,5-18H2,1-4H3. The van der Waals surface area contributed by atoms with Crippen LogP contribution in [0, 0.1) is 0 Å². The predicted octanol–water partition coefficient (Wildman–Crippen LogP) is 6.52. The van der Waals surface area contributed by atoms with Crippen molar-refractivity contribution in [3.05, 3.63) is 0 Å². The number of rotatable bonds is 17. The minimum absolute atomic E-state index is 0.436. The maximum absolute atomic E-state index is 5.59. The lowest BCUT2D eigenvalue weighted by Gasteiger charge is -2.14. The van der Waals surface area contributed by atoms with E-state index < -0.39 is 0 Å². The van der Waals surface area contributed by atoms with Crippen LogP contribution in [0.4, 0.5) is 0 Å². The molecule has 0 saturated heterocycles. The Morgan fingerprint density at radius 3 is 1.50 bits per heavy atom. The first-order valence-corrected chi connectivity index (χ1v) is 9.80. The first-order valence-electron chi connectivity index (χ1n) is 9.80. The highest BCUT2D eigenvalue weighted by Crippen LogP contribution is 2.16. The molecule has 22 heavy (non-hydrogen) atoms. The van der Waals surface area contributed by atoms with Gasteiger partial charge in [-0.1, -0.05) is 77.6 Å². The van der Waals surface area contributed by atoms with Crippen LogP contribution in [0.3, 0.4) is 0 Å². The van der Waals surface area contributed by atoms with Gasteiger partial charge in [0, 0.05) is 14.2 Å². The Morgan fingerprint density at radius 2 is 1.05 bits per heavy atom. The molecule has 0 spiro atoms. The van der Waals surface area contributed by atoms with Gasteiger partial charge in [-0.15, -0.1) is 0 Å². The van der Waals surface area contributed by atoms with Crippen molar-refractivity contribution in [1.82, 2.24) is 0 Å². The second-order valence-electron chi connectivity index (χ2n) is 6.81. The number of ether oxygens (including phenoxy) is 2. The van der Waals surface area contributed by atoms with E-state index in [9.17, 15) is 0 Å². The molecule has 0 bridgehead atoms. The van der Waals surface area contributed by atoms with Gasteiger partial charge in [-0.2, -0.15) is 0 Å². The Hall–Kier alpha value is -0.0800. The number of methoxy groups -OCH3 is 2. The Bertz CT molecular complexity index is 206. The molecule has 2 atom stereocenters. The van der Waals surface area contributed by atoms with Gasteiger partial charge in [-0.3, -0.25) is 0 Å². The molecule has 0 heterocycles. The lowest BCUT2D eigenvalue weighted by Crippen LogP contribution is -2.10. The molecule has 0 aliphatic rings. The fourth-order valence-electron chi connectivity index (χ4n) is 2.98. The molecular weight excluding hydrogens is 272 g/mol. The first-order chi connectivity index (χ1) is 10.7. The summed E-state index contributed by atoms with van der Waals surface area (Å²) in [4.78, 5) is 0. The van der Waals surface area contributed by atoms with Crippen molar-refractivity contribution in [3.8, 4) is 0 Å². The van der Waals surface area contributed by atoms with Gasteiger partial charge in [-0.05, 0) is 26.2 Å². The fourth-order valence-corrected chi connectivity index (χ4v) is 2.98. The van der Waals surface area contributed by atoms with Crippen LogP contribution in [0.2, 0.25) is 0 Å². The molecule has 2 unspecified atom stereocenters. The van der Waals surface area contributed by atoms with E-state index in [2.05, 4.69) is 13.8 Å². The molecule has 0 aliphatic heterocycles. The third-order valence-electron chi connectivity index (χ3n) is 4.75. The van der Waals surface area contributed by atoms with Gasteiger partial charge in [0.1, 0.15) is 0 Å². The van der Waals surface area contributed by atoms with Gasteiger partial charge in [0.25, 0.3) is 0 Å². The average Bonchev–Trinajstić information content (AvgIpc) is 2.54. The third kappa shape index (κ3) is 14.8. The summed E-state index contributed by atoms with van der Waals surface area (Å²) in [7, 11) is 3.68. The van der Waals surface area contributed by atoms with Gasteiger partial charge in [0.05, 0.1) is 12.2 Å². The summed E-state index contributed by atoms with van der Waals surface area (Å²) in [6, 6.07) is 0. The van der Waals surface area contributed by atoms with E-state index in [0.717, 1.165) is 0 Å². The van der Waals surface area contributed by atoms with Gasteiger partial charge in [0.2, 0.25) is 0 Å². The van der Waals surface area contributed by atoms with Crippen molar-refractivity contribution >= 4 is 0 Å². The van der Waals surface area contributed by atoms with Crippen LogP contribution in [-0.4, -0.2) is 26.4 Å². The smallest absolute Gasteiger partial charge is 0.0571 e. The SMILES string of the molecule is CCCCCC(CCCCCCCCCCC(C)OC)OC. The van der Waals surface area contributed by atoms with Gasteiger partial charge in [0.15, 0.2) is 0 Å². The monoisotopic (exact) mass is 314 g/mol. The summed E-state index contributed by atoms with van der Waals surface area (Å²) in [6.45, 7) is 4.43. The summed E-state index contributed by atoms with van der Waals surface area (Å²) >= 11 is 0. The van der Waals surface area contributed by atoms with Crippen molar-refractivity contribution in [2.45, 2.75) is 116 Å². The zero-order valence-corrected chi connectivity index (χ0v) is 15.9. The number of hydrogen-bond donors (Lipinski definition) is 0. The van der Waals surface area contributed by atoms with Crippen LogP contribution < -0.4 is 0 Å². The van der Waals surface area contributed by atoms with Crippen LogP contribution in [-0.2, 0) is 9.47 Å². The van der Waals surface area contributed by atoms with E-state index in [0.29, 0.717) is 12.2 Å². The summed E-state index contributed by atoms with van der Waals surface area (Å²) in [6.07, 6.45) is 19.7. The molecule has 0 aromatic rings. The second kappa shape index (κ2) is 17.3. The van der Waals surface area contributed by atoms with Crippen LogP contribution in [0.1, 0.15) is 104 Å². The molecule has 0 radical (unpaired) electrons. The maximum Gasteiger partial charge on any atom is 0.0571 e. The van der Waals surface area contributed by atoms with E-state index >= 15 is 0 Å². The van der Waals surface area contributed by atoms with Crippen molar-refractivity contribution in [1.29, 1.82) is 0 Å². The van der Waals surface area contributed by atoms with Gasteiger partial charge < -0.3 is 9.47 Å². The van der Waals surface area contributed by atoms with Crippen molar-refractivity contribution < 1.29 is 9.47 Å². The molecule has 0 aromatic heterocycles. The topological polar surface area (TPSA) is 18.5 Å². The van der Waals surface area contributed by atoms with Crippen LogP contribution in [0.15, 0.2) is 0 Å². The minimum Gasteiger partial charge on any atom is -0.382 e. The normalized spacial score (nSPS) is 14.2. The lowest BCUT2D eigenvalue weighted by molar-refractivity contribution is 0.0833. The van der Waals surface area contributed by atoms with E-state index in [-0.39, 0.29) is 0 Å². The maximum atomic E-state index is 5.59. The Balaban J connectivity index is 3.24. The molecular formula is C20H42O2. The quantitative estimate of drug-likeness (QED) is 0.285. The van der Waals surface area contributed by atoms with Crippen molar-refractivity contribution in [3.63, 3.8) is 0 Å². The second-order valence-corrected chi connectivity index (χ2v) is 6.81. The lowest BCUT2D eigenvalue weighted by atomic mass is 10.0. The van der Waals surface area contributed by atoms with E-state index in [1.165, 1.54) is 89.9 Å². The van der Waals surface area contributed by atoms with Crippen LogP contribution >= 0.6 is 0 Å². The zero-order valence-electron chi connectivity index (χ0n) is 15.9. The summed E-state index contributed by atoms with van der Waals surface area (Å²) < 4.78 is 10.9. The van der Waals surface area contributed by atoms with Crippen molar-refractivity contribution in [2.24, 2.45) is 0 Å². The molecule has 2 nitrogen and oxygen atoms in total. The largest absolute Gasteiger partial charge is 0.382 e. The molecule has 2 heteroatoms. The number of unbranched alkanes of at least 4 members (excludes halogenated alkanes) is 9. The Kier molecular flexibility index (Phi) is 17.2. The molecule has 0 aromatic carbocycles. The molecule has 0 amide bonds. The summed E-state index contributed by atoms with van der Waals surface area (Å²) in [5.41, 5.74) is 0. The predicted molar refractivity (Wildman–Crippen MR) is 97.6 cm³/mol. The number of hydrogen-bond acceptors (Lipinski definition) is 2. The van der Waals surface area contributed by atoms with Crippen LogP contribution in [0.5, 0.6) is 0 Å². The van der Waals surface area contributed by atoms with Gasteiger partial charge in [-0.25, -0.2) is 0 Å². The van der Waals surface area contributed by atoms with Crippen LogP contribution in [0.25, 0.3) is 0 Å². The molecule has 0 aliphatic carbocycles. The van der Waals surface area contributed by atoms with Gasteiger partial charge >= 0.3 is 0 Å². The highest BCUT2D eigenvalue weighted by molar-refractivity contribution is 4.59. The molecule has 0 fully saturated rings. The third-order valence-corrected chi connectivity index (χ3v) is 4.75. The highest BCUT2D eigenvalue weighted by Gasteiger charge is 2.06. The van der Waals surface area contributed by atoms with E-state index in [1.54, 1.807) is 0 Å². The van der Waals surface area contributed by atoms with Crippen molar-refractivity contribution in [2.75, 3.05) is 14.2 Å². The Labute approximate surface area is 140 Å². The summed E-state index contributed by atoms with van der Waals surface area (Å²) in [5.74, 6) is 0. The molecule has 0 N–H and O–H groups in total. The summed E-state index contributed by atoms with van der Waals surface area (Å²) in [5, 5.41) is 0. The highest BCUT2D eigenvalue weighted by atomic mass is 16.5. The van der Waals surface area contributed by atoms with E-state index in [4.69, 9.17) is 9.47 Å². The average molecular weight is 315 g/mol. The minimum atomic E-state index is 0.436. The van der Waals surface area contributed by atoms with E-state index in [1.807, 2.05) is 14.2 Å². The first kappa shape index (κ1) is 21.9.